The van der Waals surface area contributed by atoms with Gasteiger partial charge in [0.05, 0.1) is 10.7 Å². The van der Waals surface area contributed by atoms with Gasteiger partial charge >= 0.3 is 0 Å². The molecule has 1 N–H and O–H groups in total. The lowest BCUT2D eigenvalue weighted by Crippen LogP contribution is -2.57. The lowest BCUT2D eigenvalue weighted by Gasteiger charge is -2.43. The van der Waals surface area contributed by atoms with E-state index >= 15 is 0 Å². The van der Waals surface area contributed by atoms with Crippen molar-refractivity contribution in [2.24, 2.45) is 0 Å². The van der Waals surface area contributed by atoms with Crippen molar-refractivity contribution in [1.29, 1.82) is 0 Å². The minimum atomic E-state index is 0.224. The molecule has 1 aliphatic rings. The van der Waals surface area contributed by atoms with Gasteiger partial charge in [-0.15, -0.1) is 11.3 Å². The van der Waals surface area contributed by atoms with Crippen LogP contribution < -0.4 is 5.32 Å². The summed E-state index contributed by atoms with van der Waals surface area (Å²) in [7, 11) is 2.19. The van der Waals surface area contributed by atoms with E-state index < -0.39 is 0 Å². The van der Waals surface area contributed by atoms with Crippen molar-refractivity contribution in [2.45, 2.75) is 32.9 Å². The zero-order valence-electron chi connectivity index (χ0n) is 12.6. The molecule has 1 aliphatic heterocycles. The van der Waals surface area contributed by atoms with Crippen LogP contribution >= 0.6 is 11.3 Å². The third-order valence-corrected chi connectivity index (χ3v) is 4.55. The van der Waals surface area contributed by atoms with E-state index in [1.165, 1.54) is 5.69 Å². The zero-order chi connectivity index (χ0) is 13.9. The lowest BCUT2D eigenvalue weighted by atomic mass is 10.0. The van der Waals surface area contributed by atoms with Crippen LogP contribution in [-0.2, 0) is 6.54 Å². The van der Waals surface area contributed by atoms with Crippen LogP contribution in [0.5, 0.6) is 0 Å². The summed E-state index contributed by atoms with van der Waals surface area (Å²) in [6, 6.07) is 0. The number of aromatic nitrogens is 1. The smallest absolute Gasteiger partial charge is 0.0897 e. The fraction of sp³-hybridized carbons (Fsp3) is 0.786. The summed E-state index contributed by atoms with van der Waals surface area (Å²) in [6.45, 7) is 13.3. The Bertz CT molecular complexity index is 396. The number of hydrogen-bond donors (Lipinski definition) is 1. The van der Waals surface area contributed by atoms with Crippen molar-refractivity contribution in [2.75, 3.05) is 39.8 Å². The number of aryl methyl sites for hydroxylation is 1. The molecule has 0 bridgehead atoms. The second-order valence-electron chi connectivity index (χ2n) is 6.08. The summed E-state index contributed by atoms with van der Waals surface area (Å²) in [5.41, 5.74) is 1.42. The van der Waals surface area contributed by atoms with Crippen molar-refractivity contribution >= 4 is 11.3 Å². The molecule has 1 aromatic rings. The van der Waals surface area contributed by atoms with E-state index in [1.807, 2.05) is 0 Å². The maximum absolute atomic E-state index is 4.55. The van der Waals surface area contributed by atoms with Gasteiger partial charge in [-0.1, -0.05) is 0 Å². The Balaban J connectivity index is 1.87. The minimum Gasteiger partial charge on any atom is -0.314 e. The number of nitrogens with zero attached hydrogens (tertiary/aromatic N) is 3. The standard InChI is InChI=1S/C14H26N4S/c1-12-16-13(10-19-12)9-17(4)11-14(2,3)18-7-5-15-6-8-18/h10,15H,5-9,11H2,1-4H3. The van der Waals surface area contributed by atoms with Crippen LogP contribution in [-0.4, -0.2) is 60.1 Å². The quantitative estimate of drug-likeness (QED) is 0.888. The lowest BCUT2D eigenvalue weighted by molar-refractivity contribution is 0.0690. The maximum atomic E-state index is 4.55. The molecule has 2 rings (SSSR count). The molecule has 0 atom stereocenters. The zero-order valence-corrected chi connectivity index (χ0v) is 13.4. The molecule has 5 heteroatoms. The van der Waals surface area contributed by atoms with E-state index in [2.05, 4.69) is 53.3 Å². The first-order valence-corrected chi connectivity index (χ1v) is 7.91. The fourth-order valence-corrected chi connectivity index (χ4v) is 3.45. The van der Waals surface area contributed by atoms with Gasteiger partial charge in [0.15, 0.2) is 0 Å². The highest BCUT2D eigenvalue weighted by Crippen LogP contribution is 2.18. The summed E-state index contributed by atoms with van der Waals surface area (Å²) in [5.74, 6) is 0. The molecular weight excluding hydrogens is 256 g/mol. The van der Waals surface area contributed by atoms with Crippen molar-refractivity contribution < 1.29 is 0 Å². The number of rotatable bonds is 5. The van der Waals surface area contributed by atoms with E-state index in [1.54, 1.807) is 11.3 Å². The predicted octanol–water partition coefficient (Wildman–Crippen LogP) is 1.57. The third-order valence-electron chi connectivity index (χ3n) is 3.73. The Hall–Kier alpha value is -0.490. The van der Waals surface area contributed by atoms with E-state index in [9.17, 15) is 0 Å². The Morgan fingerprint density at radius 3 is 2.68 bits per heavy atom. The Kier molecular flexibility index (Phi) is 4.95. The molecule has 1 fully saturated rings. The number of likely N-dealkylation sites (N-methyl/N-ethyl adjacent to an activating group) is 1. The summed E-state index contributed by atoms with van der Waals surface area (Å²) in [5, 5.41) is 6.75. The number of hydrogen-bond acceptors (Lipinski definition) is 5. The van der Waals surface area contributed by atoms with Crippen LogP contribution in [0.3, 0.4) is 0 Å². The van der Waals surface area contributed by atoms with Gasteiger partial charge in [-0.05, 0) is 27.8 Å². The molecule has 0 radical (unpaired) electrons. The minimum absolute atomic E-state index is 0.224. The molecular formula is C14H26N4S. The predicted molar refractivity (Wildman–Crippen MR) is 81.7 cm³/mol. The molecule has 0 amide bonds. The largest absolute Gasteiger partial charge is 0.314 e. The van der Waals surface area contributed by atoms with Crippen LogP contribution in [0.4, 0.5) is 0 Å². The summed E-state index contributed by atoms with van der Waals surface area (Å²) in [6.07, 6.45) is 0. The highest BCUT2D eigenvalue weighted by atomic mass is 32.1. The SMILES string of the molecule is Cc1nc(CN(C)CC(C)(C)N2CCNCC2)cs1. The fourth-order valence-electron chi connectivity index (χ4n) is 2.84. The van der Waals surface area contributed by atoms with E-state index in [0.29, 0.717) is 0 Å². The molecule has 0 aliphatic carbocycles. The van der Waals surface area contributed by atoms with Gasteiger partial charge in [-0.25, -0.2) is 4.98 Å². The van der Waals surface area contributed by atoms with Gasteiger partial charge in [0.1, 0.15) is 0 Å². The molecule has 0 saturated carbocycles. The van der Waals surface area contributed by atoms with Crippen molar-refractivity contribution in [3.63, 3.8) is 0 Å². The first-order valence-electron chi connectivity index (χ1n) is 7.03. The van der Waals surface area contributed by atoms with Gasteiger partial charge in [0.25, 0.3) is 0 Å². The molecule has 0 unspecified atom stereocenters. The second-order valence-corrected chi connectivity index (χ2v) is 7.14. The molecule has 1 aromatic heterocycles. The van der Waals surface area contributed by atoms with Crippen LogP contribution in [0.1, 0.15) is 24.5 Å². The normalized spacial score (nSPS) is 18.2. The van der Waals surface area contributed by atoms with Crippen LogP contribution in [0.15, 0.2) is 5.38 Å². The molecule has 108 valence electrons. The molecule has 1 saturated heterocycles. The molecule has 0 aromatic carbocycles. The Morgan fingerprint density at radius 2 is 2.11 bits per heavy atom. The average Bonchev–Trinajstić information content (AvgIpc) is 2.75. The van der Waals surface area contributed by atoms with Gasteiger partial charge < -0.3 is 5.32 Å². The summed E-state index contributed by atoms with van der Waals surface area (Å²) in [4.78, 5) is 9.52. The van der Waals surface area contributed by atoms with E-state index in [-0.39, 0.29) is 5.54 Å². The maximum Gasteiger partial charge on any atom is 0.0897 e. The summed E-state index contributed by atoms with van der Waals surface area (Å²) >= 11 is 1.74. The second kappa shape index (κ2) is 6.31. The van der Waals surface area contributed by atoms with Gasteiger partial charge in [0.2, 0.25) is 0 Å². The number of thiazole rings is 1. The molecule has 2 heterocycles. The van der Waals surface area contributed by atoms with Crippen LogP contribution in [0.2, 0.25) is 0 Å². The van der Waals surface area contributed by atoms with Crippen LogP contribution in [0, 0.1) is 6.92 Å². The van der Waals surface area contributed by atoms with E-state index in [0.717, 1.165) is 44.3 Å². The average molecular weight is 282 g/mol. The molecule has 0 spiro atoms. The molecule has 4 nitrogen and oxygen atoms in total. The highest BCUT2D eigenvalue weighted by molar-refractivity contribution is 7.09. The van der Waals surface area contributed by atoms with Crippen molar-refractivity contribution in [3.8, 4) is 0 Å². The van der Waals surface area contributed by atoms with Crippen LogP contribution in [0.25, 0.3) is 0 Å². The van der Waals surface area contributed by atoms with E-state index in [4.69, 9.17) is 0 Å². The first kappa shape index (κ1) is 14.9. The van der Waals surface area contributed by atoms with Crippen molar-refractivity contribution in [1.82, 2.24) is 20.1 Å². The first-order chi connectivity index (χ1) is 8.97. The van der Waals surface area contributed by atoms with Gasteiger partial charge in [-0.3, -0.25) is 9.80 Å². The molecule has 19 heavy (non-hydrogen) atoms. The Morgan fingerprint density at radius 1 is 1.42 bits per heavy atom. The van der Waals surface area contributed by atoms with Gasteiger partial charge in [-0.2, -0.15) is 0 Å². The summed E-state index contributed by atoms with van der Waals surface area (Å²) < 4.78 is 0. The van der Waals surface area contributed by atoms with Gasteiger partial charge in [0, 0.05) is 50.2 Å². The number of nitrogens with one attached hydrogen (secondary N) is 1. The highest BCUT2D eigenvalue weighted by Gasteiger charge is 2.29. The van der Waals surface area contributed by atoms with Crippen molar-refractivity contribution in [3.05, 3.63) is 16.1 Å². The third kappa shape index (κ3) is 4.24. The number of piperazine rings is 1. The topological polar surface area (TPSA) is 31.4 Å². The monoisotopic (exact) mass is 282 g/mol. The Labute approximate surface area is 120 Å².